The summed E-state index contributed by atoms with van der Waals surface area (Å²) < 4.78 is 3.05. The number of rotatable bonds is 5. The van der Waals surface area contributed by atoms with E-state index in [0.717, 1.165) is 11.6 Å². The molecule has 0 unspecified atom stereocenters. The summed E-state index contributed by atoms with van der Waals surface area (Å²) >= 11 is 7.52. The van der Waals surface area contributed by atoms with Crippen LogP contribution in [-0.2, 0) is 0 Å². The first-order valence-electron chi connectivity index (χ1n) is 4.81. The van der Waals surface area contributed by atoms with Crippen LogP contribution in [0.3, 0.4) is 0 Å². The van der Waals surface area contributed by atoms with Crippen LogP contribution >= 0.6 is 23.5 Å². The van der Waals surface area contributed by atoms with Crippen molar-refractivity contribution in [1.29, 1.82) is 0 Å². The third kappa shape index (κ3) is 4.10. The molecule has 0 spiro atoms. The van der Waals surface area contributed by atoms with Crippen molar-refractivity contribution >= 4 is 23.5 Å². The van der Waals surface area contributed by atoms with E-state index in [9.17, 15) is 0 Å². The second kappa shape index (κ2) is 6.39. The van der Waals surface area contributed by atoms with E-state index in [0.29, 0.717) is 0 Å². The zero-order chi connectivity index (χ0) is 9.52. The molecule has 0 aliphatic carbocycles. The zero-order valence-electron chi connectivity index (χ0n) is 7.98. The van der Waals surface area contributed by atoms with Crippen LogP contribution in [0.15, 0.2) is 22.2 Å². The lowest BCUT2D eigenvalue weighted by Gasteiger charge is -2.11. The summed E-state index contributed by atoms with van der Waals surface area (Å²) in [5, 5.41) is 2.85. The molecule has 0 radical (unpaired) electrons. The molecule has 1 rings (SSSR count). The highest BCUT2D eigenvalue weighted by Crippen LogP contribution is 2.23. The highest BCUT2D eigenvalue weighted by molar-refractivity contribution is 8.00. The molecule has 0 bridgehead atoms. The highest BCUT2D eigenvalue weighted by atomic mass is 35.5. The van der Waals surface area contributed by atoms with Crippen LogP contribution in [0.1, 0.15) is 39.0 Å². The molecule has 0 aromatic rings. The van der Waals surface area contributed by atoms with Gasteiger partial charge in [0.25, 0.3) is 0 Å². The summed E-state index contributed by atoms with van der Waals surface area (Å²) in [6.45, 7) is 2.23. The van der Waals surface area contributed by atoms with Gasteiger partial charge in [-0.25, -0.2) is 0 Å². The van der Waals surface area contributed by atoms with Crippen molar-refractivity contribution in [2.24, 2.45) is 0 Å². The topological polar surface area (TPSA) is 12.0 Å². The molecule has 1 nitrogen and oxygen atoms in total. The average molecular weight is 218 g/mol. The predicted octanol–water partition coefficient (Wildman–Crippen LogP) is 4.17. The lowest BCUT2D eigenvalue weighted by atomic mass is 10.1. The van der Waals surface area contributed by atoms with Crippen molar-refractivity contribution in [2.45, 2.75) is 39.0 Å². The largest absolute Gasteiger partial charge is 0.316 e. The summed E-state index contributed by atoms with van der Waals surface area (Å²) in [5.41, 5.74) is 1.25. The third-order valence-electron chi connectivity index (χ3n) is 2.07. The van der Waals surface area contributed by atoms with Gasteiger partial charge in [-0.15, -0.1) is 0 Å². The lowest BCUT2D eigenvalue weighted by Crippen LogP contribution is -2.03. The van der Waals surface area contributed by atoms with Crippen molar-refractivity contribution in [3.8, 4) is 0 Å². The van der Waals surface area contributed by atoms with Crippen LogP contribution < -0.4 is 4.72 Å². The lowest BCUT2D eigenvalue weighted by molar-refractivity contribution is 0.667. The van der Waals surface area contributed by atoms with Gasteiger partial charge in [0.1, 0.15) is 5.16 Å². The summed E-state index contributed by atoms with van der Waals surface area (Å²) in [4.78, 5) is 0. The van der Waals surface area contributed by atoms with Gasteiger partial charge in [-0.2, -0.15) is 0 Å². The highest BCUT2D eigenvalue weighted by Gasteiger charge is 2.04. The van der Waals surface area contributed by atoms with Crippen LogP contribution in [0.25, 0.3) is 0 Å². The van der Waals surface area contributed by atoms with E-state index < -0.39 is 0 Å². The number of unbranched alkanes of at least 4 members (excludes halogenated alkanes) is 3. The first-order chi connectivity index (χ1) is 6.34. The molecule has 1 heterocycles. The Balaban J connectivity index is 2.23. The maximum atomic E-state index is 5.99. The Labute approximate surface area is 89.8 Å². The third-order valence-corrected chi connectivity index (χ3v) is 3.11. The van der Waals surface area contributed by atoms with E-state index >= 15 is 0 Å². The molecule has 1 aliphatic rings. The Bertz CT molecular complexity index is 211. The summed E-state index contributed by atoms with van der Waals surface area (Å²) in [6.07, 6.45) is 8.38. The van der Waals surface area contributed by atoms with Crippen molar-refractivity contribution in [1.82, 2.24) is 4.72 Å². The molecule has 1 aliphatic heterocycles. The first-order valence-corrected chi connectivity index (χ1v) is 6.07. The number of halogens is 1. The standard InChI is InChI=1S/C10H16ClNS/c1-2-3-4-5-6-9-7-8-13-12-10(9)11/h7-8,12H,2-6H2,1H3. The maximum Gasteiger partial charge on any atom is 0.115 e. The minimum atomic E-state index is 0.809. The summed E-state index contributed by atoms with van der Waals surface area (Å²) in [7, 11) is 0. The fourth-order valence-corrected chi connectivity index (χ4v) is 2.10. The van der Waals surface area contributed by atoms with E-state index in [4.69, 9.17) is 11.6 Å². The van der Waals surface area contributed by atoms with Gasteiger partial charge in [-0.05, 0) is 41.8 Å². The smallest absolute Gasteiger partial charge is 0.115 e. The fraction of sp³-hybridized carbons (Fsp3) is 0.600. The Morgan fingerprint density at radius 1 is 1.38 bits per heavy atom. The van der Waals surface area contributed by atoms with E-state index in [-0.39, 0.29) is 0 Å². The van der Waals surface area contributed by atoms with Gasteiger partial charge in [0, 0.05) is 0 Å². The van der Waals surface area contributed by atoms with Crippen LogP contribution in [0.5, 0.6) is 0 Å². The van der Waals surface area contributed by atoms with Gasteiger partial charge in [-0.1, -0.05) is 37.8 Å². The fourth-order valence-electron chi connectivity index (χ4n) is 1.28. The van der Waals surface area contributed by atoms with Gasteiger partial charge in [0.2, 0.25) is 0 Å². The molecule has 0 amide bonds. The number of hydrogen-bond donors (Lipinski definition) is 1. The molecular formula is C10H16ClNS. The van der Waals surface area contributed by atoms with Gasteiger partial charge < -0.3 is 4.72 Å². The number of hydrogen-bond acceptors (Lipinski definition) is 2. The van der Waals surface area contributed by atoms with Crippen molar-refractivity contribution in [2.75, 3.05) is 0 Å². The second-order valence-electron chi connectivity index (χ2n) is 3.17. The SMILES string of the molecule is CCCCCCC1=C(Cl)NSC=C1. The molecule has 0 atom stereocenters. The molecule has 0 aromatic carbocycles. The summed E-state index contributed by atoms with van der Waals surface area (Å²) in [6, 6.07) is 0. The van der Waals surface area contributed by atoms with Crippen LogP contribution in [0, 0.1) is 0 Å². The molecular weight excluding hydrogens is 202 g/mol. The van der Waals surface area contributed by atoms with Gasteiger partial charge >= 0.3 is 0 Å². The van der Waals surface area contributed by atoms with Gasteiger partial charge in [0.05, 0.1) is 0 Å². The second-order valence-corrected chi connectivity index (χ2v) is 4.26. The van der Waals surface area contributed by atoms with E-state index in [1.165, 1.54) is 43.2 Å². The maximum absolute atomic E-state index is 5.99. The van der Waals surface area contributed by atoms with Crippen LogP contribution in [0.2, 0.25) is 0 Å². The Hall–Kier alpha value is -0.0800. The molecule has 13 heavy (non-hydrogen) atoms. The molecule has 3 heteroatoms. The Morgan fingerprint density at radius 3 is 2.92 bits per heavy atom. The van der Waals surface area contributed by atoms with Gasteiger partial charge in [0.15, 0.2) is 0 Å². The van der Waals surface area contributed by atoms with E-state index in [2.05, 4.69) is 17.7 Å². The molecule has 0 saturated heterocycles. The number of allylic oxidation sites excluding steroid dienone is 2. The average Bonchev–Trinajstić information content (AvgIpc) is 2.15. The first kappa shape index (κ1) is 11.0. The molecule has 0 aromatic heterocycles. The zero-order valence-corrected chi connectivity index (χ0v) is 9.55. The Morgan fingerprint density at radius 2 is 2.23 bits per heavy atom. The van der Waals surface area contributed by atoms with Crippen LogP contribution in [-0.4, -0.2) is 0 Å². The van der Waals surface area contributed by atoms with Crippen molar-refractivity contribution < 1.29 is 0 Å². The van der Waals surface area contributed by atoms with Gasteiger partial charge in [-0.3, -0.25) is 0 Å². The van der Waals surface area contributed by atoms with Crippen molar-refractivity contribution in [3.63, 3.8) is 0 Å². The molecule has 0 fully saturated rings. The van der Waals surface area contributed by atoms with E-state index in [1.807, 2.05) is 5.41 Å². The predicted molar refractivity (Wildman–Crippen MR) is 61.5 cm³/mol. The van der Waals surface area contributed by atoms with Crippen molar-refractivity contribution in [3.05, 3.63) is 22.2 Å². The molecule has 74 valence electrons. The normalized spacial score (nSPS) is 16.2. The minimum absolute atomic E-state index is 0.809. The summed E-state index contributed by atoms with van der Waals surface area (Å²) in [5.74, 6) is 0. The van der Waals surface area contributed by atoms with E-state index in [1.54, 1.807) is 0 Å². The van der Waals surface area contributed by atoms with Crippen LogP contribution in [0.4, 0.5) is 0 Å². The minimum Gasteiger partial charge on any atom is -0.316 e. The monoisotopic (exact) mass is 217 g/mol. The molecule has 1 N–H and O–H groups in total. The Kier molecular flexibility index (Phi) is 5.40. The number of nitrogens with one attached hydrogen (secondary N) is 1. The molecule has 0 saturated carbocycles. The quantitative estimate of drug-likeness (QED) is 0.422.